The van der Waals surface area contributed by atoms with E-state index in [0.717, 1.165) is 23.2 Å². The van der Waals surface area contributed by atoms with Crippen LogP contribution in [0, 0.1) is 40.8 Å². The zero-order valence-electron chi connectivity index (χ0n) is 37.8. The van der Waals surface area contributed by atoms with Gasteiger partial charge in [0.25, 0.3) is 0 Å². The molecule has 1 aromatic heterocycles. The number of aromatic nitrogens is 1. The molecule has 0 spiro atoms. The van der Waals surface area contributed by atoms with Crippen molar-refractivity contribution in [3.8, 4) is 0 Å². The predicted molar refractivity (Wildman–Crippen MR) is 247 cm³/mol. The number of nitrogens with zero attached hydrogens (tertiary/aromatic N) is 3. The minimum Gasteiger partial charge on any atom is -1.00 e. The Morgan fingerprint density at radius 3 is 0.855 bits per heavy atom. The van der Waals surface area contributed by atoms with Crippen LogP contribution in [0.3, 0.4) is 0 Å². The average molecular weight is 1030 g/mol. The second-order valence-corrected chi connectivity index (χ2v) is 20.1. The normalized spacial score (nSPS) is 21.8. The van der Waals surface area contributed by atoms with Crippen LogP contribution in [0.5, 0.6) is 0 Å². The fourth-order valence-electron chi connectivity index (χ4n) is 12.8. The molecule has 0 unspecified atom stereocenters. The van der Waals surface area contributed by atoms with Crippen molar-refractivity contribution in [1.29, 1.82) is 0 Å². The predicted octanol–water partition coefficient (Wildman–Crippen LogP) is 7.88. The van der Waals surface area contributed by atoms with E-state index in [4.69, 9.17) is 15.0 Å². The smallest absolute Gasteiger partial charge is 1.00 e. The Morgan fingerprint density at radius 2 is 0.597 bits per heavy atom. The van der Waals surface area contributed by atoms with E-state index in [-0.39, 0.29) is 78.1 Å². The van der Waals surface area contributed by atoms with Crippen LogP contribution in [0.2, 0.25) is 0 Å². The van der Waals surface area contributed by atoms with Gasteiger partial charge < -0.3 is 37.2 Å². The standard InChI is InChI=1S/C55H75N3.3ClH.Nd/c1-7-20-40(21-8-1)46-34-50(42-24-11-3-12-25-42)54(51(35-46)43-26-13-4-14-27-43)56-38-48-32-19-33-49(58-48)39-57-55-52(44-28-15-5-16-29-44)36-47(41-22-9-2-10-23-41)37-53(55)45-30-17-6-18-31-45;;;;/h19,32-45H,1-18,20-31H2;3*1H;/q;;;;+3/p-3. The molecule has 0 amide bonds. The van der Waals surface area contributed by atoms with Crippen LogP contribution < -0.4 is 37.2 Å². The number of rotatable bonds is 10. The molecule has 6 aliphatic carbocycles. The molecule has 0 atom stereocenters. The average Bonchev–Trinajstić information content (AvgIpc) is 3.31. The fraction of sp³-hybridized carbons (Fsp3) is 0.655. The summed E-state index contributed by atoms with van der Waals surface area (Å²) in [4.78, 5) is 16.3. The third-order valence-corrected chi connectivity index (χ3v) is 16.2. The van der Waals surface area contributed by atoms with Crippen molar-refractivity contribution in [2.24, 2.45) is 9.98 Å². The van der Waals surface area contributed by atoms with Crippen molar-refractivity contribution in [3.63, 3.8) is 0 Å². The summed E-state index contributed by atoms with van der Waals surface area (Å²) < 4.78 is 0. The molecule has 3 aromatic rings. The van der Waals surface area contributed by atoms with Gasteiger partial charge in [0.15, 0.2) is 0 Å². The third kappa shape index (κ3) is 13.2. The van der Waals surface area contributed by atoms with Gasteiger partial charge in [0.05, 0.1) is 35.2 Å². The second-order valence-electron chi connectivity index (χ2n) is 20.1. The Labute approximate surface area is 428 Å². The van der Waals surface area contributed by atoms with Crippen LogP contribution in [-0.2, 0) is 0 Å². The Kier molecular flexibility index (Phi) is 22.3. The topological polar surface area (TPSA) is 37.6 Å². The molecule has 6 aliphatic rings. The van der Waals surface area contributed by atoms with Crippen molar-refractivity contribution in [1.82, 2.24) is 4.98 Å². The summed E-state index contributed by atoms with van der Waals surface area (Å²) in [5.74, 6) is 4.02. The summed E-state index contributed by atoms with van der Waals surface area (Å²) in [6.45, 7) is 0. The summed E-state index contributed by atoms with van der Waals surface area (Å²) >= 11 is 0. The maximum absolute atomic E-state index is 5.55. The van der Waals surface area contributed by atoms with Gasteiger partial charge in [-0.25, -0.2) is 4.98 Å². The van der Waals surface area contributed by atoms with E-state index >= 15 is 0 Å². The summed E-state index contributed by atoms with van der Waals surface area (Å²) in [7, 11) is 0. The van der Waals surface area contributed by atoms with Gasteiger partial charge in [-0.15, -0.1) is 0 Å². The molecular weight excluding hydrogens is 953 g/mol. The first-order valence-electron chi connectivity index (χ1n) is 25.2. The number of hydrogen-bond donors (Lipinski definition) is 0. The number of pyridine rings is 1. The molecule has 3 nitrogen and oxygen atoms in total. The minimum absolute atomic E-state index is 0. The largest absolute Gasteiger partial charge is 3.00 e. The molecule has 0 N–H and O–H groups in total. The van der Waals surface area contributed by atoms with Gasteiger partial charge >= 0.3 is 40.8 Å². The van der Waals surface area contributed by atoms with Gasteiger partial charge in [0.2, 0.25) is 0 Å². The summed E-state index contributed by atoms with van der Waals surface area (Å²) in [6, 6.07) is 17.2. The number of halogens is 3. The molecule has 9 rings (SSSR count). The summed E-state index contributed by atoms with van der Waals surface area (Å²) in [6.07, 6.45) is 45.1. The van der Waals surface area contributed by atoms with E-state index in [2.05, 4.69) is 54.9 Å². The zero-order valence-corrected chi connectivity index (χ0v) is 43.3. The molecular formula is C55H75Cl3N3Nd. The Balaban J connectivity index is 0.00000181. The molecule has 0 bridgehead atoms. The first-order valence-corrected chi connectivity index (χ1v) is 25.2. The van der Waals surface area contributed by atoms with Crippen molar-refractivity contribution < 1.29 is 78.1 Å². The van der Waals surface area contributed by atoms with E-state index in [1.807, 2.05) is 0 Å². The van der Waals surface area contributed by atoms with Gasteiger partial charge in [0.1, 0.15) is 0 Å². The monoisotopic (exact) mass is 1020 g/mol. The van der Waals surface area contributed by atoms with E-state index in [0.29, 0.717) is 23.7 Å². The molecule has 6 fully saturated rings. The first kappa shape index (κ1) is 52.1. The number of benzene rings is 2. The molecule has 6 saturated carbocycles. The van der Waals surface area contributed by atoms with Crippen LogP contribution in [0.1, 0.15) is 273 Å². The molecule has 0 aliphatic heterocycles. The van der Waals surface area contributed by atoms with Gasteiger partial charge in [0, 0.05) is 0 Å². The molecule has 7 heteroatoms. The number of aliphatic imine (C=N–C) groups is 2. The van der Waals surface area contributed by atoms with Crippen LogP contribution in [0.4, 0.5) is 11.4 Å². The van der Waals surface area contributed by atoms with Gasteiger partial charge in [-0.05, 0) is 158 Å². The first-order chi connectivity index (χ1) is 28.8. The van der Waals surface area contributed by atoms with Crippen LogP contribution in [0.15, 0.2) is 52.4 Å². The molecule has 1 radical (unpaired) electrons. The maximum atomic E-state index is 5.55. The van der Waals surface area contributed by atoms with Crippen molar-refractivity contribution in [3.05, 3.63) is 87.2 Å². The van der Waals surface area contributed by atoms with Gasteiger partial charge in [-0.2, -0.15) is 0 Å². The molecule has 62 heavy (non-hydrogen) atoms. The van der Waals surface area contributed by atoms with Gasteiger partial charge in [-0.1, -0.05) is 146 Å². The van der Waals surface area contributed by atoms with Crippen LogP contribution in [-0.4, -0.2) is 17.4 Å². The Hall–Kier alpha value is -0.849. The molecule has 335 valence electrons. The summed E-state index contributed by atoms with van der Waals surface area (Å²) in [5, 5.41) is 0. The fourth-order valence-corrected chi connectivity index (χ4v) is 12.8. The molecule has 0 saturated heterocycles. The van der Waals surface area contributed by atoms with E-state index in [1.165, 1.54) is 204 Å². The summed E-state index contributed by atoms with van der Waals surface area (Å²) in [5.41, 5.74) is 14.1. The maximum Gasteiger partial charge on any atom is 3.00 e. The van der Waals surface area contributed by atoms with Gasteiger partial charge in [-0.3, -0.25) is 9.98 Å². The van der Waals surface area contributed by atoms with E-state index < -0.39 is 0 Å². The van der Waals surface area contributed by atoms with Crippen molar-refractivity contribution in [2.75, 3.05) is 0 Å². The Bertz CT molecular complexity index is 1650. The SMILES string of the molecule is C(=Nc1c(C2CCCCC2)cc(C2CCCCC2)cc1C1CCCCC1)c1cccc(C=Nc2c(C3CCCCC3)cc(C3CCCCC3)cc2C2CCCCC2)n1.[Cl-].[Cl-].[Cl-].[Nd+3]. The molecule has 2 aromatic carbocycles. The quantitative estimate of drug-likeness (QED) is 0.191. The van der Waals surface area contributed by atoms with E-state index in [1.54, 1.807) is 33.4 Å². The van der Waals surface area contributed by atoms with Crippen LogP contribution in [0.25, 0.3) is 0 Å². The minimum atomic E-state index is 0. The zero-order chi connectivity index (χ0) is 38.9. The number of hydrogen-bond acceptors (Lipinski definition) is 3. The molecule has 1 heterocycles. The van der Waals surface area contributed by atoms with Crippen LogP contribution >= 0.6 is 0 Å². The van der Waals surface area contributed by atoms with Crippen molar-refractivity contribution in [2.45, 2.75) is 228 Å². The second kappa shape index (κ2) is 26.5. The van der Waals surface area contributed by atoms with Crippen molar-refractivity contribution >= 4 is 23.8 Å². The Morgan fingerprint density at radius 1 is 0.355 bits per heavy atom. The third-order valence-electron chi connectivity index (χ3n) is 16.2. The van der Waals surface area contributed by atoms with E-state index in [9.17, 15) is 0 Å².